The molecule has 0 aromatic rings. The highest BCUT2D eigenvalue weighted by Gasteiger charge is 2.96. The zero-order valence-electron chi connectivity index (χ0n) is 23.9. The fourth-order valence-corrected chi connectivity index (χ4v) is 3.51. The Morgan fingerprint density at radius 1 is 0.393 bits per heavy atom. The van der Waals surface area contributed by atoms with E-state index in [-0.39, 0.29) is 0 Å². The van der Waals surface area contributed by atoms with Crippen molar-refractivity contribution in [2.24, 2.45) is 0 Å². The maximum absolute atomic E-state index is 13.8. The molecule has 0 aromatic heterocycles. The molecule has 0 saturated carbocycles. The van der Waals surface area contributed by atoms with Crippen molar-refractivity contribution in [3.8, 4) is 0 Å². The Hall–Kier alpha value is -3.25. The maximum atomic E-state index is 13.8. The summed E-state index contributed by atoms with van der Waals surface area (Å²) in [6.07, 6.45) is -36.6. The number of ether oxygens (including phenoxy) is 2. The minimum absolute atomic E-state index is 1.79. The van der Waals surface area contributed by atoms with E-state index in [1.54, 1.807) is 4.74 Å². The van der Waals surface area contributed by atoms with Crippen molar-refractivity contribution in [2.75, 3.05) is 0 Å². The first-order valence-electron chi connectivity index (χ1n) is 11.7. The smallest absolute Gasteiger partial charge is 0.396 e. The van der Waals surface area contributed by atoms with Crippen molar-refractivity contribution in [3.05, 3.63) is 0 Å². The highest BCUT2D eigenvalue weighted by molar-refractivity contribution is 7.87. The predicted octanol–water partition coefficient (Wildman–Crippen LogP) is 8.38. The van der Waals surface area contributed by atoms with Gasteiger partial charge >= 0.3 is 95.7 Å². The molecule has 0 saturated heterocycles. The summed E-state index contributed by atoms with van der Waals surface area (Å²) in [6.45, 7) is 0. The first-order valence-corrected chi connectivity index (χ1v) is 13.2. The van der Waals surface area contributed by atoms with Crippen LogP contribution in [-0.4, -0.2) is 114 Å². The van der Waals surface area contributed by atoms with Gasteiger partial charge in [-0.25, -0.2) is 0 Å². The van der Waals surface area contributed by atoms with Crippen molar-refractivity contribution in [1.82, 2.24) is 0 Å². The van der Waals surface area contributed by atoms with Crippen LogP contribution in [0.4, 0.5) is 132 Å². The number of hydrogen-bond donors (Lipinski definition) is 1. The van der Waals surface area contributed by atoms with Gasteiger partial charge in [0.1, 0.15) is 0 Å². The molecule has 0 aliphatic rings. The van der Waals surface area contributed by atoms with Crippen molar-refractivity contribution in [2.45, 2.75) is 95.5 Å². The van der Waals surface area contributed by atoms with Crippen molar-refractivity contribution < 1.29 is 164 Å². The molecular weight excluding hydrogens is 930 g/mol. The van der Waals surface area contributed by atoms with E-state index in [4.69, 9.17) is 4.55 Å². The van der Waals surface area contributed by atoms with Gasteiger partial charge in [-0.1, -0.05) is 0 Å². The van der Waals surface area contributed by atoms with Gasteiger partial charge in [-0.3, -0.25) is 14.1 Å². The molecule has 0 spiro atoms. The first kappa shape index (κ1) is 52.8. The van der Waals surface area contributed by atoms with E-state index in [9.17, 15) is 150 Å². The van der Waals surface area contributed by atoms with Gasteiger partial charge in [0, 0.05) is 0 Å². The molecule has 0 amide bonds. The van der Waals surface area contributed by atoms with Crippen LogP contribution in [0.2, 0.25) is 0 Å². The number of halogens is 30. The Bertz CT molecular complexity index is 1590. The quantitative estimate of drug-likeness (QED) is 0.0943. The third kappa shape index (κ3) is 7.58. The molecule has 0 aromatic carbocycles. The lowest BCUT2D eigenvalue weighted by Crippen LogP contribution is -2.73. The van der Waals surface area contributed by atoms with Crippen LogP contribution in [0.5, 0.6) is 0 Å². The number of esters is 2. The van der Waals surface area contributed by atoms with Gasteiger partial charge in [-0.2, -0.15) is 140 Å². The second-order valence-corrected chi connectivity index (χ2v) is 11.5. The van der Waals surface area contributed by atoms with Gasteiger partial charge in [-0.15, -0.1) is 0 Å². The summed E-state index contributed by atoms with van der Waals surface area (Å²) in [5, 5.41) is -5.08. The normalized spacial score (nSPS) is 16.8. The molecule has 7 nitrogen and oxygen atoms in total. The summed E-state index contributed by atoms with van der Waals surface area (Å²) in [7, 11) is -7.32. The second kappa shape index (κ2) is 13.7. The molecule has 0 aliphatic heterocycles. The van der Waals surface area contributed by atoms with Crippen LogP contribution in [0.3, 0.4) is 0 Å². The van der Waals surface area contributed by atoms with Gasteiger partial charge in [-0.05, 0) is 0 Å². The Morgan fingerprint density at radius 3 is 0.839 bits per heavy atom. The van der Waals surface area contributed by atoms with Crippen LogP contribution in [0, 0.1) is 0 Å². The number of carbonyl (C=O) groups is 2. The lowest BCUT2D eigenvalue weighted by molar-refractivity contribution is -0.468. The van der Waals surface area contributed by atoms with Crippen molar-refractivity contribution >= 4 is 22.1 Å². The topological polar surface area (TPSA) is 107 Å². The molecule has 38 heteroatoms. The molecule has 0 fully saturated rings. The summed E-state index contributed by atoms with van der Waals surface area (Å²) < 4.78 is 430. The van der Waals surface area contributed by atoms with E-state index in [1.165, 1.54) is 0 Å². The summed E-state index contributed by atoms with van der Waals surface area (Å²) in [5.74, 6) is -97.9. The van der Waals surface area contributed by atoms with Gasteiger partial charge in [0.25, 0.3) is 10.1 Å². The number of alkyl halides is 30. The average molecular weight is 934 g/mol. The Balaban J connectivity index is 6.88. The number of rotatable bonds is 16. The van der Waals surface area contributed by atoms with Crippen LogP contribution < -0.4 is 0 Å². The van der Waals surface area contributed by atoms with E-state index in [0.29, 0.717) is 0 Å². The molecule has 0 heterocycles. The molecular formula is C18H4F30O7S. The van der Waals surface area contributed by atoms with E-state index in [2.05, 4.69) is 0 Å². The van der Waals surface area contributed by atoms with Crippen LogP contribution in [-0.2, 0) is 29.2 Å². The third-order valence-corrected chi connectivity index (χ3v) is 7.12. The zero-order valence-corrected chi connectivity index (χ0v) is 24.7. The second-order valence-electron chi connectivity index (χ2n) is 9.88. The van der Waals surface area contributed by atoms with E-state index in [1.807, 2.05) is 4.74 Å². The fourth-order valence-electron chi connectivity index (χ4n) is 2.87. The number of hydrogen-bond acceptors (Lipinski definition) is 6. The Kier molecular flexibility index (Phi) is 12.9. The maximum Gasteiger partial charge on any atom is 0.473 e. The highest BCUT2D eigenvalue weighted by atomic mass is 32.2. The molecule has 1 atom stereocenters. The molecule has 0 radical (unpaired) electrons. The minimum Gasteiger partial charge on any atom is -0.396 e. The van der Waals surface area contributed by atoms with Crippen LogP contribution in [0.15, 0.2) is 0 Å². The molecule has 0 bridgehead atoms. The summed E-state index contributed by atoms with van der Waals surface area (Å²) in [4.78, 5) is 23.0. The van der Waals surface area contributed by atoms with Crippen LogP contribution in [0.25, 0.3) is 0 Å². The minimum atomic E-state index is -9.13. The average Bonchev–Trinajstić information content (AvgIpc) is 2.92. The summed E-state index contributed by atoms with van der Waals surface area (Å²) in [5.41, 5.74) is 0. The molecule has 1 unspecified atom stereocenters. The fraction of sp³-hybridized carbons (Fsp3) is 0.889. The summed E-state index contributed by atoms with van der Waals surface area (Å²) >= 11 is 0. The van der Waals surface area contributed by atoms with Gasteiger partial charge in [0.2, 0.25) is 0 Å². The Morgan fingerprint density at radius 2 is 0.607 bits per heavy atom. The van der Waals surface area contributed by atoms with Crippen molar-refractivity contribution in [1.29, 1.82) is 0 Å². The lowest BCUT2D eigenvalue weighted by atomic mass is 9.93. The monoisotopic (exact) mass is 934 g/mol. The van der Waals surface area contributed by atoms with Crippen LogP contribution in [0.1, 0.15) is 6.42 Å². The van der Waals surface area contributed by atoms with E-state index in [0.717, 1.165) is 0 Å². The number of carbonyl (C=O) groups excluding carboxylic acids is 2. The van der Waals surface area contributed by atoms with Crippen molar-refractivity contribution in [3.63, 3.8) is 0 Å². The molecule has 334 valence electrons. The van der Waals surface area contributed by atoms with Gasteiger partial charge in [0.15, 0.2) is 5.25 Å². The molecule has 0 rings (SSSR count). The van der Waals surface area contributed by atoms with E-state index < -0.39 is 118 Å². The molecule has 0 aliphatic carbocycles. The standard InChI is InChI=1S/C18H4F30O7S/c19-5(20,7(23,24)11(31,32)15(39,40)41)9(27,28)13(35,36)17(45,46)54-3(49)1-2(56(51,52)53)4(50)55-18(47,48)14(37,38)10(29,30)6(21,22)8(25,26)12(33,34)16(42,43)44/h2H,1H2,(H,51,52,53). The Labute approximate surface area is 282 Å². The molecule has 1 N–H and O–H groups in total. The third-order valence-electron chi connectivity index (χ3n) is 6.04. The first-order chi connectivity index (χ1) is 23.6. The van der Waals surface area contributed by atoms with E-state index >= 15 is 0 Å². The zero-order chi connectivity index (χ0) is 46.4. The lowest BCUT2D eigenvalue weighted by Gasteiger charge is -2.41. The van der Waals surface area contributed by atoms with Crippen LogP contribution >= 0.6 is 0 Å². The van der Waals surface area contributed by atoms with Gasteiger partial charge < -0.3 is 9.47 Å². The SMILES string of the molecule is O=C(CC(C(=O)OC(F)(F)C(F)(F)C(F)(F)C(F)(F)C(F)(F)C(F)(F)C(F)(F)F)S(=O)(=O)O)OC(F)(F)C(F)(F)C(F)(F)C(F)(F)C(F)(F)C(F)(F)C(F)(F)F. The largest absolute Gasteiger partial charge is 0.473 e. The summed E-state index contributed by atoms with van der Waals surface area (Å²) in [6, 6.07) is 0. The van der Waals surface area contributed by atoms with Gasteiger partial charge in [0.05, 0.1) is 6.42 Å². The molecule has 56 heavy (non-hydrogen) atoms. The predicted molar refractivity (Wildman–Crippen MR) is 104 cm³/mol. The highest BCUT2D eigenvalue weighted by Crippen LogP contribution is 2.64.